The average molecular weight is 190 g/mol. The Bertz CT molecular complexity index is 303. The molecule has 14 heavy (non-hydrogen) atoms. The number of benzene rings is 1. The molecule has 0 saturated carbocycles. The van der Waals surface area contributed by atoms with E-state index in [9.17, 15) is 0 Å². The van der Waals surface area contributed by atoms with E-state index in [0.29, 0.717) is 0 Å². The molecule has 2 nitrogen and oxygen atoms in total. The van der Waals surface area contributed by atoms with Crippen LogP contribution in [0.2, 0.25) is 0 Å². The number of nitrogens with zero attached hydrogens (tertiary/aromatic N) is 1. The van der Waals surface area contributed by atoms with Gasteiger partial charge in [0.15, 0.2) is 0 Å². The smallest absolute Gasteiger partial charge is 0.0202 e. The van der Waals surface area contributed by atoms with Crippen LogP contribution in [0.3, 0.4) is 0 Å². The van der Waals surface area contributed by atoms with Gasteiger partial charge in [-0.3, -0.25) is 0 Å². The summed E-state index contributed by atoms with van der Waals surface area (Å²) in [6.45, 7) is 3.39. The Kier molecular flexibility index (Phi) is 2.85. The second-order valence-electron chi connectivity index (χ2n) is 4.19. The molecule has 1 fully saturated rings. The van der Waals surface area contributed by atoms with Crippen molar-refractivity contribution >= 4 is 0 Å². The van der Waals surface area contributed by atoms with Gasteiger partial charge >= 0.3 is 0 Å². The van der Waals surface area contributed by atoms with Crippen molar-refractivity contribution in [1.82, 2.24) is 10.2 Å². The number of likely N-dealkylation sites (tertiary alicyclic amines) is 1. The predicted molar refractivity (Wildman–Crippen MR) is 59.4 cm³/mol. The Labute approximate surface area is 85.9 Å². The van der Waals surface area contributed by atoms with Gasteiger partial charge in [0.1, 0.15) is 0 Å². The largest absolute Gasteiger partial charge is 0.316 e. The highest BCUT2D eigenvalue weighted by Gasteiger charge is 2.24. The maximum atomic E-state index is 3.18. The lowest BCUT2D eigenvalue weighted by atomic mass is 9.91. The molecule has 0 bridgehead atoms. The van der Waals surface area contributed by atoms with Crippen molar-refractivity contribution in [1.29, 1.82) is 0 Å². The quantitative estimate of drug-likeness (QED) is 0.776. The molecule has 2 heteroatoms. The first-order valence-electron chi connectivity index (χ1n) is 5.21. The van der Waals surface area contributed by atoms with Gasteiger partial charge in [0.05, 0.1) is 0 Å². The molecular formula is C12H18N2. The van der Waals surface area contributed by atoms with Crippen LogP contribution in [-0.4, -0.2) is 32.1 Å². The minimum Gasteiger partial charge on any atom is -0.316 e. The molecule has 76 valence electrons. The molecule has 2 rings (SSSR count). The first kappa shape index (κ1) is 9.69. The second kappa shape index (κ2) is 4.11. The van der Waals surface area contributed by atoms with Gasteiger partial charge in [0.2, 0.25) is 0 Å². The van der Waals surface area contributed by atoms with Gasteiger partial charge in [-0.05, 0) is 25.2 Å². The highest BCUT2D eigenvalue weighted by molar-refractivity contribution is 5.28. The number of rotatable bonds is 3. The summed E-state index contributed by atoms with van der Waals surface area (Å²) >= 11 is 0. The fraction of sp³-hybridized carbons (Fsp3) is 0.500. The van der Waals surface area contributed by atoms with Crippen LogP contribution in [0.25, 0.3) is 0 Å². The molecule has 1 N–H and O–H groups in total. The molecule has 0 amide bonds. The molecule has 0 aliphatic carbocycles. The molecule has 0 atom stereocenters. The van der Waals surface area contributed by atoms with Crippen LogP contribution in [0.5, 0.6) is 0 Å². The van der Waals surface area contributed by atoms with Gasteiger partial charge in [-0.1, -0.05) is 24.3 Å². The van der Waals surface area contributed by atoms with E-state index in [0.717, 1.165) is 12.5 Å². The third-order valence-electron chi connectivity index (χ3n) is 2.87. The molecule has 0 unspecified atom stereocenters. The monoisotopic (exact) mass is 190 g/mol. The van der Waals surface area contributed by atoms with Crippen LogP contribution >= 0.6 is 0 Å². The first-order valence-corrected chi connectivity index (χ1v) is 5.21. The summed E-state index contributed by atoms with van der Waals surface area (Å²) in [4.78, 5) is 2.36. The Morgan fingerprint density at radius 3 is 2.86 bits per heavy atom. The van der Waals surface area contributed by atoms with Gasteiger partial charge in [-0.25, -0.2) is 0 Å². The molecule has 0 spiro atoms. The van der Waals surface area contributed by atoms with E-state index in [2.05, 4.69) is 41.5 Å². The molecular weight excluding hydrogens is 172 g/mol. The van der Waals surface area contributed by atoms with Gasteiger partial charge < -0.3 is 10.2 Å². The Balaban J connectivity index is 2.06. The van der Waals surface area contributed by atoms with Gasteiger partial charge in [-0.2, -0.15) is 0 Å². The fourth-order valence-corrected chi connectivity index (χ4v) is 2.07. The van der Waals surface area contributed by atoms with E-state index < -0.39 is 0 Å². The van der Waals surface area contributed by atoms with Crippen LogP contribution in [0.4, 0.5) is 0 Å². The van der Waals surface area contributed by atoms with E-state index in [1.165, 1.54) is 24.2 Å². The summed E-state index contributed by atoms with van der Waals surface area (Å²) in [6.07, 6.45) is 0. The van der Waals surface area contributed by atoms with Crippen LogP contribution in [0.1, 0.15) is 17.0 Å². The third-order valence-corrected chi connectivity index (χ3v) is 2.87. The molecule has 1 aliphatic rings. The average Bonchev–Trinajstić information content (AvgIpc) is 2.14. The van der Waals surface area contributed by atoms with Gasteiger partial charge in [0.25, 0.3) is 0 Å². The van der Waals surface area contributed by atoms with Crippen molar-refractivity contribution in [3.63, 3.8) is 0 Å². The lowest BCUT2D eigenvalue weighted by molar-refractivity contribution is 0.189. The van der Waals surface area contributed by atoms with Crippen molar-refractivity contribution < 1.29 is 0 Å². The molecule has 1 aliphatic heterocycles. The maximum Gasteiger partial charge on any atom is 0.0202 e. The molecule has 1 aromatic carbocycles. The van der Waals surface area contributed by atoms with Crippen LogP contribution in [0.15, 0.2) is 24.3 Å². The normalized spacial score (nSPS) is 18.1. The van der Waals surface area contributed by atoms with E-state index in [1.807, 2.05) is 7.05 Å². The fourth-order valence-electron chi connectivity index (χ4n) is 2.07. The summed E-state index contributed by atoms with van der Waals surface area (Å²) in [5.41, 5.74) is 2.88. The zero-order valence-electron chi connectivity index (χ0n) is 8.96. The summed E-state index contributed by atoms with van der Waals surface area (Å²) in [7, 11) is 4.16. The molecule has 1 aromatic rings. The maximum absolute atomic E-state index is 3.18. The minimum absolute atomic E-state index is 0.761. The minimum atomic E-state index is 0.761. The summed E-state index contributed by atoms with van der Waals surface area (Å²) in [5, 5.41) is 3.18. The lowest BCUT2D eigenvalue weighted by Gasteiger charge is -2.36. The zero-order valence-corrected chi connectivity index (χ0v) is 8.96. The highest BCUT2D eigenvalue weighted by Crippen LogP contribution is 2.25. The van der Waals surface area contributed by atoms with Crippen molar-refractivity contribution in [3.8, 4) is 0 Å². The van der Waals surface area contributed by atoms with E-state index in [4.69, 9.17) is 0 Å². The van der Waals surface area contributed by atoms with E-state index in [1.54, 1.807) is 0 Å². The van der Waals surface area contributed by atoms with Crippen molar-refractivity contribution in [2.24, 2.45) is 0 Å². The van der Waals surface area contributed by atoms with Crippen molar-refractivity contribution in [3.05, 3.63) is 35.4 Å². The number of nitrogens with one attached hydrogen (secondary N) is 1. The zero-order chi connectivity index (χ0) is 9.97. The lowest BCUT2D eigenvalue weighted by Crippen LogP contribution is -2.41. The summed E-state index contributed by atoms with van der Waals surface area (Å²) in [6, 6.07) is 8.92. The number of hydrogen-bond acceptors (Lipinski definition) is 2. The Morgan fingerprint density at radius 1 is 1.43 bits per heavy atom. The number of likely N-dealkylation sites (N-methyl/N-ethyl adjacent to an activating group) is 1. The standard InChI is InChI=1S/C12H18N2/c1-13-7-10-4-3-5-11(6-10)12-8-14(2)9-12/h3-6,12-13H,7-9H2,1-2H3. The highest BCUT2D eigenvalue weighted by atomic mass is 15.2. The summed E-state index contributed by atoms with van der Waals surface area (Å²) < 4.78 is 0. The second-order valence-corrected chi connectivity index (χ2v) is 4.19. The number of hydrogen-bond donors (Lipinski definition) is 1. The van der Waals surface area contributed by atoms with E-state index in [-0.39, 0.29) is 0 Å². The van der Waals surface area contributed by atoms with Crippen molar-refractivity contribution in [2.75, 3.05) is 27.2 Å². The van der Waals surface area contributed by atoms with Crippen LogP contribution < -0.4 is 5.32 Å². The third kappa shape index (κ3) is 1.97. The summed E-state index contributed by atoms with van der Waals surface area (Å²) in [5.74, 6) is 0.761. The molecule has 0 radical (unpaired) electrons. The van der Waals surface area contributed by atoms with Crippen LogP contribution in [-0.2, 0) is 6.54 Å². The van der Waals surface area contributed by atoms with Crippen LogP contribution in [0, 0.1) is 0 Å². The predicted octanol–water partition coefficient (Wildman–Crippen LogP) is 1.44. The molecule has 1 heterocycles. The molecule has 0 aromatic heterocycles. The van der Waals surface area contributed by atoms with Gasteiger partial charge in [0, 0.05) is 25.6 Å². The molecule has 1 saturated heterocycles. The van der Waals surface area contributed by atoms with Gasteiger partial charge in [-0.15, -0.1) is 0 Å². The Morgan fingerprint density at radius 2 is 2.21 bits per heavy atom. The van der Waals surface area contributed by atoms with E-state index >= 15 is 0 Å². The topological polar surface area (TPSA) is 15.3 Å². The first-order chi connectivity index (χ1) is 6.79. The SMILES string of the molecule is CNCc1cccc(C2CN(C)C2)c1. The van der Waals surface area contributed by atoms with Crippen molar-refractivity contribution in [2.45, 2.75) is 12.5 Å². The Hall–Kier alpha value is -0.860.